The SMILES string of the molecule is Cn1cncc1C1NCCOC12CCS(=O)(=O)C2. The molecule has 0 radical (unpaired) electrons. The van der Waals surface area contributed by atoms with Gasteiger partial charge in [0.2, 0.25) is 0 Å². The molecule has 2 saturated heterocycles. The summed E-state index contributed by atoms with van der Waals surface area (Å²) in [7, 11) is -1.07. The van der Waals surface area contributed by atoms with Crippen LogP contribution >= 0.6 is 0 Å². The molecule has 2 fully saturated rings. The standard InChI is InChI=1S/C11H17N3O3S/c1-14-8-12-6-9(14)10-11(17-4-3-13-10)2-5-18(15,16)7-11/h6,8,10,13H,2-5,7H2,1H3. The van der Waals surface area contributed by atoms with E-state index in [-0.39, 0.29) is 17.5 Å². The molecule has 1 N–H and O–H groups in total. The molecule has 0 aromatic carbocycles. The number of aromatic nitrogens is 2. The predicted molar refractivity (Wildman–Crippen MR) is 65.9 cm³/mol. The van der Waals surface area contributed by atoms with Gasteiger partial charge in [-0.2, -0.15) is 0 Å². The van der Waals surface area contributed by atoms with E-state index < -0.39 is 15.4 Å². The van der Waals surface area contributed by atoms with E-state index >= 15 is 0 Å². The molecule has 100 valence electrons. The van der Waals surface area contributed by atoms with Crippen LogP contribution in [0.4, 0.5) is 0 Å². The number of nitrogens with one attached hydrogen (secondary N) is 1. The van der Waals surface area contributed by atoms with Gasteiger partial charge in [0.05, 0.1) is 36.2 Å². The monoisotopic (exact) mass is 271 g/mol. The van der Waals surface area contributed by atoms with Gasteiger partial charge in [-0.1, -0.05) is 0 Å². The van der Waals surface area contributed by atoms with Crippen LogP contribution in [0, 0.1) is 0 Å². The van der Waals surface area contributed by atoms with E-state index in [4.69, 9.17) is 4.74 Å². The zero-order valence-electron chi connectivity index (χ0n) is 10.3. The zero-order chi connectivity index (χ0) is 12.8. The Balaban J connectivity index is 1.99. The third kappa shape index (κ3) is 1.86. The van der Waals surface area contributed by atoms with Crippen LogP contribution in [0.1, 0.15) is 18.2 Å². The van der Waals surface area contributed by atoms with E-state index in [0.717, 1.165) is 12.2 Å². The molecule has 0 amide bonds. The summed E-state index contributed by atoms with van der Waals surface area (Å²) in [5.41, 5.74) is 0.358. The summed E-state index contributed by atoms with van der Waals surface area (Å²) < 4.78 is 31.3. The average molecular weight is 271 g/mol. The Morgan fingerprint density at radius 3 is 3.06 bits per heavy atom. The minimum Gasteiger partial charge on any atom is -0.371 e. The van der Waals surface area contributed by atoms with E-state index in [1.165, 1.54) is 0 Å². The van der Waals surface area contributed by atoms with Crippen LogP contribution < -0.4 is 5.32 Å². The molecule has 2 atom stereocenters. The fourth-order valence-corrected chi connectivity index (χ4v) is 4.87. The summed E-state index contributed by atoms with van der Waals surface area (Å²) in [5.74, 6) is 0.311. The highest BCUT2D eigenvalue weighted by atomic mass is 32.2. The van der Waals surface area contributed by atoms with Gasteiger partial charge >= 0.3 is 0 Å². The second-order valence-electron chi connectivity index (χ2n) is 5.07. The molecule has 6 nitrogen and oxygen atoms in total. The highest BCUT2D eigenvalue weighted by Gasteiger charge is 2.51. The van der Waals surface area contributed by atoms with Crippen molar-refractivity contribution in [1.29, 1.82) is 0 Å². The number of hydrogen-bond donors (Lipinski definition) is 1. The Bertz CT molecular complexity index is 554. The van der Waals surface area contributed by atoms with Crippen molar-refractivity contribution in [1.82, 2.24) is 14.9 Å². The maximum Gasteiger partial charge on any atom is 0.153 e. The highest BCUT2D eigenvalue weighted by molar-refractivity contribution is 7.91. The molecule has 3 rings (SSSR count). The third-order valence-corrected chi connectivity index (χ3v) is 5.57. The number of ether oxygens (including phenoxy) is 1. The first kappa shape index (κ1) is 12.1. The van der Waals surface area contributed by atoms with E-state index in [1.54, 1.807) is 12.5 Å². The second-order valence-corrected chi connectivity index (χ2v) is 7.26. The van der Waals surface area contributed by atoms with Crippen molar-refractivity contribution in [3.05, 3.63) is 18.2 Å². The van der Waals surface area contributed by atoms with Crippen molar-refractivity contribution in [3.8, 4) is 0 Å². The number of morpholine rings is 1. The lowest BCUT2D eigenvalue weighted by molar-refractivity contribution is -0.0815. The first-order valence-corrected chi connectivity index (χ1v) is 7.89. The zero-order valence-corrected chi connectivity index (χ0v) is 11.1. The van der Waals surface area contributed by atoms with Crippen LogP contribution in [0.25, 0.3) is 0 Å². The summed E-state index contributed by atoms with van der Waals surface area (Å²) in [4.78, 5) is 4.11. The van der Waals surface area contributed by atoms with Crippen molar-refractivity contribution < 1.29 is 13.2 Å². The molecule has 2 unspecified atom stereocenters. The largest absolute Gasteiger partial charge is 0.371 e. The Morgan fingerprint density at radius 2 is 2.44 bits per heavy atom. The smallest absolute Gasteiger partial charge is 0.153 e. The molecule has 2 aliphatic rings. The number of aryl methyl sites for hydroxylation is 1. The van der Waals surface area contributed by atoms with Crippen LogP contribution in [-0.4, -0.2) is 48.2 Å². The lowest BCUT2D eigenvalue weighted by atomic mass is 9.89. The molecular formula is C11H17N3O3S. The number of imidazole rings is 1. The molecule has 1 aromatic rings. The van der Waals surface area contributed by atoms with Gasteiger partial charge in [-0.25, -0.2) is 13.4 Å². The minimum atomic E-state index is -2.99. The average Bonchev–Trinajstić information content (AvgIpc) is 2.85. The predicted octanol–water partition coefficient (Wildman–Crippen LogP) is -0.362. The number of hydrogen-bond acceptors (Lipinski definition) is 5. The van der Waals surface area contributed by atoms with Crippen molar-refractivity contribution in [2.75, 3.05) is 24.7 Å². The van der Waals surface area contributed by atoms with Crippen molar-refractivity contribution in [2.24, 2.45) is 7.05 Å². The lowest BCUT2D eigenvalue weighted by Gasteiger charge is -2.41. The topological polar surface area (TPSA) is 73.2 Å². The van der Waals surface area contributed by atoms with Gasteiger partial charge in [0.25, 0.3) is 0 Å². The number of sulfone groups is 1. The lowest BCUT2D eigenvalue weighted by Crippen LogP contribution is -2.53. The van der Waals surface area contributed by atoms with Gasteiger partial charge < -0.3 is 14.6 Å². The maximum absolute atomic E-state index is 11.8. The normalized spacial score (nSPS) is 35.1. The number of nitrogens with zero attached hydrogens (tertiary/aromatic N) is 2. The molecule has 1 aromatic heterocycles. The van der Waals surface area contributed by atoms with Crippen LogP contribution in [0.5, 0.6) is 0 Å². The van der Waals surface area contributed by atoms with E-state index in [1.807, 2.05) is 11.6 Å². The molecule has 3 heterocycles. The Kier molecular flexibility index (Phi) is 2.72. The van der Waals surface area contributed by atoms with Gasteiger partial charge in [0.15, 0.2) is 9.84 Å². The van der Waals surface area contributed by atoms with Gasteiger partial charge in [0.1, 0.15) is 5.60 Å². The second kappa shape index (κ2) is 4.04. The molecule has 1 spiro atoms. The summed E-state index contributed by atoms with van der Waals surface area (Å²) >= 11 is 0. The Hall–Kier alpha value is -0.920. The summed E-state index contributed by atoms with van der Waals surface area (Å²) in [6, 6.07) is -0.101. The highest BCUT2D eigenvalue weighted by Crippen LogP contribution is 2.40. The minimum absolute atomic E-state index is 0.100. The van der Waals surface area contributed by atoms with Crippen LogP contribution in [0.15, 0.2) is 12.5 Å². The molecule has 0 saturated carbocycles. The summed E-state index contributed by atoms with van der Waals surface area (Å²) in [6.07, 6.45) is 4.06. The van der Waals surface area contributed by atoms with Crippen molar-refractivity contribution >= 4 is 9.84 Å². The molecule has 18 heavy (non-hydrogen) atoms. The first-order valence-electron chi connectivity index (χ1n) is 6.06. The summed E-state index contributed by atoms with van der Waals surface area (Å²) in [6.45, 7) is 1.29. The fraction of sp³-hybridized carbons (Fsp3) is 0.727. The van der Waals surface area contributed by atoms with Crippen molar-refractivity contribution in [3.63, 3.8) is 0 Å². The van der Waals surface area contributed by atoms with E-state index in [0.29, 0.717) is 13.0 Å². The molecule has 7 heteroatoms. The Labute approximate surface area is 106 Å². The van der Waals surface area contributed by atoms with Crippen LogP contribution in [0.2, 0.25) is 0 Å². The maximum atomic E-state index is 11.8. The summed E-state index contributed by atoms with van der Waals surface area (Å²) in [5, 5.41) is 3.38. The molecule has 2 aliphatic heterocycles. The van der Waals surface area contributed by atoms with Gasteiger partial charge in [-0.3, -0.25) is 0 Å². The molecule has 0 bridgehead atoms. The van der Waals surface area contributed by atoms with E-state index in [9.17, 15) is 8.42 Å². The third-order valence-electron chi connectivity index (χ3n) is 3.82. The van der Waals surface area contributed by atoms with Crippen LogP contribution in [-0.2, 0) is 21.6 Å². The fourth-order valence-electron chi connectivity index (χ4n) is 2.93. The van der Waals surface area contributed by atoms with Gasteiger partial charge in [0, 0.05) is 19.8 Å². The van der Waals surface area contributed by atoms with Gasteiger partial charge in [-0.15, -0.1) is 0 Å². The van der Waals surface area contributed by atoms with E-state index in [2.05, 4.69) is 10.3 Å². The molecular weight excluding hydrogens is 254 g/mol. The van der Waals surface area contributed by atoms with Gasteiger partial charge in [-0.05, 0) is 6.42 Å². The first-order chi connectivity index (χ1) is 8.53. The Morgan fingerprint density at radius 1 is 1.61 bits per heavy atom. The quantitative estimate of drug-likeness (QED) is 0.755. The van der Waals surface area contributed by atoms with Crippen LogP contribution in [0.3, 0.4) is 0 Å². The number of rotatable bonds is 1. The molecule has 0 aliphatic carbocycles. The van der Waals surface area contributed by atoms with Crippen molar-refractivity contribution in [2.45, 2.75) is 18.1 Å².